The third-order valence-corrected chi connectivity index (χ3v) is 5.01. The Labute approximate surface area is 120 Å². The molecule has 1 aromatic heterocycles. The maximum Gasteiger partial charge on any atom is 0.0991 e. The predicted octanol–water partition coefficient (Wildman–Crippen LogP) is 2.94. The Morgan fingerprint density at radius 3 is 2.84 bits per heavy atom. The van der Waals surface area contributed by atoms with Crippen LogP contribution in [0.15, 0.2) is 17.3 Å². The van der Waals surface area contributed by atoms with Crippen LogP contribution in [-0.2, 0) is 11.2 Å². The summed E-state index contributed by atoms with van der Waals surface area (Å²) in [4.78, 5) is 4.63. The fourth-order valence-electron chi connectivity index (χ4n) is 2.25. The Morgan fingerprint density at radius 1 is 1.47 bits per heavy atom. The van der Waals surface area contributed by atoms with Crippen LogP contribution in [-0.4, -0.2) is 29.5 Å². The smallest absolute Gasteiger partial charge is 0.0991 e. The molecule has 0 bridgehead atoms. The lowest BCUT2D eigenvalue weighted by Gasteiger charge is -2.21. The molecule has 0 radical (unpaired) electrons. The van der Waals surface area contributed by atoms with Gasteiger partial charge >= 0.3 is 0 Å². The molecule has 1 aliphatic heterocycles. The minimum atomic E-state index is 0.246. The van der Waals surface area contributed by atoms with Gasteiger partial charge in [-0.1, -0.05) is 13.0 Å². The number of pyridine rings is 1. The Morgan fingerprint density at radius 2 is 2.21 bits per heavy atom. The number of aromatic nitrogens is 1. The first-order valence-electron chi connectivity index (χ1n) is 7.14. The number of thioether (sulfide) groups is 1. The molecule has 0 spiro atoms. The highest BCUT2D eigenvalue weighted by molar-refractivity contribution is 7.99. The van der Waals surface area contributed by atoms with Gasteiger partial charge in [0.25, 0.3) is 0 Å². The summed E-state index contributed by atoms with van der Waals surface area (Å²) in [5, 5.41) is 1.82. The summed E-state index contributed by atoms with van der Waals surface area (Å²) in [5.41, 5.74) is 8.52. The maximum atomic E-state index is 6.00. The van der Waals surface area contributed by atoms with Gasteiger partial charge in [-0.25, -0.2) is 4.98 Å². The normalized spacial score (nSPS) is 18.5. The summed E-state index contributed by atoms with van der Waals surface area (Å²) in [6.07, 6.45) is 6.19. The standard InChI is InChI=1S/C15H24N2OS/c1-3-13(16)9-12-8-11(2)15(17-10-12)19-14-4-6-18-7-5-14/h8,10,13-14H,3-7,9,16H2,1-2H3. The SMILES string of the molecule is CCC(N)Cc1cnc(SC2CCOCC2)c(C)c1. The second kappa shape index (κ2) is 7.27. The minimum Gasteiger partial charge on any atom is -0.381 e. The van der Waals surface area contributed by atoms with Gasteiger partial charge in [-0.2, -0.15) is 0 Å². The van der Waals surface area contributed by atoms with Crippen LogP contribution in [0.3, 0.4) is 0 Å². The van der Waals surface area contributed by atoms with Gasteiger partial charge < -0.3 is 10.5 Å². The van der Waals surface area contributed by atoms with Crippen molar-refractivity contribution in [2.45, 2.75) is 55.8 Å². The third kappa shape index (κ3) is 4.48. The first-order chi connectivity index (χ1) is 9.19. The van der Waals surface area contributed by atoms with Gasteiger partial charge in [-0.05, 0) is 43.7 Å². The molecule has 4 heteroatoms. The van der Waals surface area contributed by atoms with Crippen LogP contribution in [0, 0.1) is 6.92 Å². The van der Waals surface area contributed by atoms with Gasteiger partial charge in [0.2, 0.25) is 0 Å². The zero-order valence-electron chi connectivity index (χ0n) is 11.9. The molecule has 0 saturated carbocycles. The Kier molecular flexibility index (Phi) is 5.67. The molecule has 2 heterocycles. The molecular formula is C15H24N2OS. The molecule has 3 nitrogen and oxygen atoms in total. The van der Waals surface area contributed by atoms with Crippen molar-refractivity contribution in [1.29, 1.82) is 0 Å². The molecule has 1 atom stereocenters. The third-order valence-electron chi connectivity index (χ3n) is 3.56. The monoisotopic (exact) mass is 280 g/mol. The van der Waals surface area contributed by atoms with Crippen molar-refractivity contribution in [2.24, 2.45) is 5.73 Å². The molecule has 0 amide bonds. The first-order valence-corrected chi connectivity index (χ1v) is 8.02. The van der Waals surface area contributed by atoms with E-state index in [9.17, 15) is 0 Å². The number of hydrogen-bond acceptors (Lipinski definition) is 4. The highest BCUT2D eigenvalue weighted by Crippen LogP contribution is 2.30. The van der Waals surface area contributed by atoms with Crippen molar-refractivity contribution >= 4 is 11.8 Å². The van der Waals surface area contributed by atoms with E-state index in [0.717, 1.165) is 38.9 Å². The van der Waals surface area contributed by atoms with E-state index in [2.05, 4.69) is 24.9 Å². The molecular weight excluding hydrogens is 256 g/mol. The molecule has 1 aliphatic rings. The second-order valence-electron chi connectivity index (χ2n) is 5.27. The van der Waals surface area contributed by atoms with Gasteiger partial charge in [-0.15, -0.1) is 11.8 Å². The van der Waals surface area contributed by atoms with Gasteiger partial charge in [0.05, 0.1) is 5.03 Å². The van der Waals surface area contributed by atoms with E-state index in [-0.39, 0.29) is 6.04 Å². The van der Waals surface area contributed by atoms with Crippen LogP contribution in [0.5, 0.6) is 0 Å². The highest BCUT2D eigenvalue weighted by Gasteiger charge is 2.17. The van der Waals surface area contributed by atoms with Crippen molar-refractivity contribution in [3.63, 3.8) is 0 Å². The van der Waals surface area contributed by atoms with E-state index in [1.807, 2.05) is 18.0 Å². The lowest BCUT2D eigenvalue weighted by atomic mass is 10.1. The molecule has 0 aliphatic carbocycles. The molecule has 1 saturated heterocycles. The minimum absolute atomic E-state index is 0.246. The van der Waals surface area contributed by atoms with Crippen molar-refractivity contribution in [3.8, 4) is 0 Å². The molecule has 1 unspecified atom stereocenters. The fourth-order valence-corrected chi connectivity index (χ4v) is 3.36. The second-order valence-corrected chi connectivity index (χ2v) is 6.56. The van der Waals surface area contributed by atoms with Crippen LogP contribution in [0.1, 0.15) is 37.3 Å². The molecule has 106 valence electrons. The van der Waals surface area contributed by atoms with Crippen LogP contribution in [0.4, 0.5) is 0 Å². The van der Waals surface area contributed by atoms with E-state index in [4.69, 9.17) is 10.5 Å². The van der Waals surface area contributed by atoms with Crippen LogP contribution < -0.4 is 5.73 Å². The maximum absolute atomic E-state index is 6.00. The molecule has 19 heavy (non-hydrogen) atoms. The summed E-state index contributed by atoms with van der Waals surface area (Å²) in [7, 11) is 0. The van der Waals surface area contributed by atoms with E-state index >= 15 is 0 Å². The van der Waals surface area contributed by atoms with E-state index in [1.54, 1.807) is 0 Å². The van der Waals surface area contributed by atoms with Crippen LogP contribution in [0.25, 0.3) is 0 Å². The van der Waals surface area contributed by atoms with Gasteiger partial charge in [0.1, 0.15) is 0 Å². The number of rotatable bonds is 5. The largest absolute Gasteiger partial charge is 0.381 e. The first kappa shape index (κ1) is 14.8. The Hall–Kier alpha value is -0.580. The number of aryl methyl sites for hydroxylation is 1. The van der Waals surface area contributed by atoms with Gasteiger partial charge in [-0.3, -0.25) is 0 Å². The van der Waals surface area contributed by atoms with Crippen LogP contribution >= 0.6 is 11.8 Å². The average Bonchev–Trinajstić information content (AvgIpc) is 2.43. The predicted molar refractivity (Wildman–Crippen MR) is 80.6 cm³/mol. The van der Waals surface area contributed by atoms with E-state index in [1.165, 1.54) is 16.2 Å². The Balaban J connectivity index is 1.98. The fraction of sp³-hybridized carbons (Fsp3) is 0.667. The van der Waals surface area contributed by atoms with Crippen molar-refractivity contribution in [3.05, 3.63) is 23.4 Å². The molecule has 1 fully saturated rings. The van der Waals surface area contributed by atoms with Crippen molar-refractivity contribution in [1.82, 2.24) is 4.98 Å². The Bertz CT molecular complexity index is 405. The molecule has 1 aromatic rings. The molecule has 0 aromatic carbocycles. The molecule has 2 rings (SSSR count). The van der Waals surface area contributed by atoms with Crippen molar-refractivity contribution in [2.75, 3.05) is 13.2 Å². The number of nitrogens with two attached hydrogens (primary N) is 1. The summed E-state index contributed by atoms with van der Waals surface area (Å²) < 4.78 is 5.40. The zero-order valence-corrected chi connectivity index (χ0v) is 12.7. The summed E-state index contributed by atoms with van der Waals surface area (Å²) in [5.74, 6) is 0. The summed E-state index contributed by atoms with van der Waals surface area (Å²) in [6, 6.07) is 2.49. The summed E-state index contributed by atoms with van der Waals surface area (Å²) in [6.45, 7) is 6.05. The lowest BCUT2D eigenvalue weighted by molar-refractivity contribution is 0.1000. The highest BCUT2D eigenvalue weighted by atomic mass is 32.2. The quantitative estimate of drug-likeness (QED) is 0.901. The van der Waals surface area contributed by atoms with Crippen LogP contribution in [0.2, 0.25) is 0 Å². The van der Waals surface area contributed by atoms with E-state index < -0.39 is 0 Å². The number of ether oxygens (including phenoxy) is 1. The zero-order chi connectivity index (χ0) is 13.7. The van der Waals surface area contributed by atoms with E-state index in [0.29, 0.717) is 5.25 Å². The average molecular weight is 280 g/mol. The van der Waals surface area contributed by atoms with Crippen molar-refractivity contribution < 1.29 is 4.74 Å². The number of hydrogen-bond donors (Lipinski definition) is 1. The van der Waals surface area contributed by atoms with Gasteiger partial charge in [0, 0.05) is 30.7 Å². The summed E-state index contributed by atoms with van der Waals surface area (Å²) >= 11 is 1.90. The van der Waals surface area contributed by atoms with Gasteiger partial charge in [0.15, 0.2) is 0 Å². The lowest BCUT2D eigenvalue weighted by Crippen LogP contribution is -2.21. The molecule has 2 N–H and O–H groups in total. The number of nitrogens with zero attached hydrogens (tertiary/aromatic N) is 1. The topological polar surface area (TPSA) is 48.1 Å².